The molecule has 0 unspecified atom stereocenters. The molecule has 2 aliphatic heterocycles. The van der Waals surface area contributed by atoms with Gasteiger partial charge in [0.05, 0.1) is 38.1 Å². The van der Waals surface area contributed by atoms with Gasteiger partial charge < -0.3 is 14.2 Å². The molecule has 10 heteroatoms. The van der Waals surface area contributed by atoms with E-state index in [0.717, 1.165) is 35.3 Å². The molecule has 45 heavy (non-hydrogen) atoms. The molecule has 6 rings (SSSR count). The van der Waals surface area contributed by atoms with Crippen molar-refractivity contribution in [1.82, 2.24) is 0 Å². The lowest BCUT2D eigenvalue weighted by atomic mass is 9.72. The number of amides is 2. The highest BCUT2D eigenvalue weighted by Gasteiger charge is 2.61. The molecule has 1 aromatic heterocycles. The number of benzene rings is 2. The molecule has 0 saturated carbocycles. The van der Waals surface area contributed by atoms with Crippen LogP contribution in [-0.2, 0) is 32.0 Å². The Morgan fingerprint density at radius 2 is 1.80 bits per heavy atom. The Kier molecular flexibility index (Phi) is 8.39. The molecule has 4 atom stereocenters. The van der Waals surface area contributed by atoms with E-state index in [0.29, 0.717) is 46.7 Å². The number of ether oxygens (including phenoxy) is 3. The normalized spacial score (nSPS) is 22.8. The van der Waals surface area contributed by atoms with Crippen LogP contribution in [0, 0.1) is 17.3 Å². The van der Waals surface area contributed by atoms with Gasteiger partial charge in [0.25, 0.3) is 5.91 Å². The average Bonchev–Trinajstić information content (AvgIpc) is 3.69. The molecule has 0 radical (unpaired) electrons. The summed E-state index contributed by atoms with van der Waals surface area (Å²) in [4.78, 5) is 50.5. The Balaban J connectivity index is 1.42. The molecule has 9 nitrogen and oxygen atoms in total. The Hall–Kier alpha value is -3.89. The van der Waals surface area contributed by atoms with Crippen LogP contribution in [0.5, 0.6) is 11.5 Å². The van der Waals surface area contributed by atoms with E-state index in [1.807, 2.05) is 55.5 Å². The molecule has 3 aliphatic rings. The van der Waals surface area contributed by atoms with Crippen molar-refractivity contribution in [1.29, 1.82) is 0 Å². The van der Waals surface area contributed by atoms with Crippen molar-refractivity contribution in [2.45, 2.75) is 65.5 Å². The van der Waals surface area contributed by atoms with Gasteiger partial charge in [-0.15, -0.1) is 11.3 Å². The molecule has 238 valence electrons. The monoisotopic (exact) mass is 632 g/mol. The summed E-state index contributed by atoms with van der Waals surface area (Å²) >= 11 is 1.36. The van der Waals surface area contributed by atoms with Gasteiger partial charge in [0.1, 0.15) is 10.9 Å². The molecular formula is C35H40N2O7S. The number of anilines is 2. The fourth-order valence-corrected chi connectivity index (χ4v) is 8.16. The zero-order valence-corrected chi connectivity index (χ0v) is 27.4. The second-order valence-electron chi connectivity index (χ2n) is 12.9. The van der Waals surface area contributed by atoms with Crippen LogP contribution >= 0.6 is 11.3 Å². The zero-order chi connectivity index (χ0) is 32.0. The van der Waals surface area contributed by atoms with E-state index in [1.54, 1.807) is 12.2 Å². The number of fused-ring (bicyclic) bond motifs is 2. The topological polar surface area (TPSA) is 94.6 Å². The largest absolute Gasteiger partial charge is 0.493 e. The fourth-order valence-electron chi connectivity index (χ4n) is 6.73. The van der Waals surface area contributed by atoms with E-state index in [1.165, 1.54) is 23.3 Å². The number of hydroxylamine groups is 1. The van der Waals surface area contributed by atoms with Crippen LogP contribution in [0.4, 0.5) is 10.7 Å². The highest BCUT2D eigenvalue weighted by molar-refractivity contribution is 7.17. The fraction of sp³-hybridized carbons (Fsp3) is 0.457. The molecule has 2 saturated heterocycles. The Labute approximate surface area is 268 Å². The molecule has 3 aromatic rings. The van der Waals surface area contributed by atoms with Gasteiger partial charge in [0.2, 0.25) is 5.91 Å². The summed E-state index contributed by atoms with van der Waals surface area (Å²) in [6, 6.07) is 14.3. The quantitative estimate of drug-likeness (QED) is 0.204. The van der Waals surface area contributed by atoms with Crippen LogP contribution in [0.25, 0.3) is 0 Å². The summed E-state index contributed by atoms with van der Waals surface area (Å²) < 4.78 is 16.8. The van der Waals surface area contributed by atoms with Gasteiger partial charge in [-0.25, -0.2) is 14.8 Å². The first-order chi connectivity index (χ1) is 21.6. The summed E-state index contributed by atoms with van der Waals surface area (Å²) in [5, 5.41) is 1.98. The molecule has 1 aliphatic carbocycles. The molecule has 0 spiro atoms. The molecule has 0 N–H and O–H groups in total. The number of carbonyl (C=O) groups is 3. The van der Waals surface area contributed by atoms with Gasteiger partial charge in [-0.1, -0.05) is 52.0 Å². The van der Waals surface area contributed by atoms with E-state index < -0.39 is 35.8 Å². The second kappa shape index (κ2) is 12.1. The third-order valence-electron chi connectivity index (χ3n) is 9.18. The van der Waals surface area contributed by atoms with Crippen LogP contribution in [-0.4, -0.2) is 44.7 Å². The van der Waals surface area contributed by atoms with Crippen LogP contribution in [0.15, 0.2) is 48.5 Å². The summed E-state index contributed by atoms with van der Waals surface area (Å²) in [5.41, 5.74) is 2.74. The smallest absolute Gasteiger partial charge is 0.341 e. The minimum absolute atomic E-state index is 0.0870. The number of imide groups is 1. The summed E-state index contributed by atoms with van der Waals surface area (Å²) in [6.07, 6.45) is 2.16. The van der Waals surface area contributed by atoms with Crippen molar-refractivity contribution < 1.29 is 33.4 Å². The standard InChI is InChI=1S/C35H40N2O7S/c1-7-17-43-24-16-13-20(18-25(24)41-5)29-28-30(44-37(29)22-11-9-8-10-12-22)32(39)36(31(28)38)33-27(34(40)42-6)23-15-14-21(35(2,3)4)19-26(23)45-33/h8-13,16,18,21,28-30H,7,14-15,17,19H2,1-6H3/t21-,28-,29+,30-/m0/s1. The highest BCUT2D eigenvalue weighted by Crippen LogP contribution is 2.52. The minimum atomic E-state index is -1.07. The number of para-hydroxylation sites is 1. The summed E-state index contributed by atoms with van der Waals surface area (Å²) in [6.45, 7) is 9.23. The maximum absolute atomic E-state index is 14.5. The van der Waals surface area contributed by atoms with Crippen molar-refractivity contribution in [2.75, 3.05) is 30.8 Å². The van der Waals surface area contributed by atoms with Crippen LogP contribution in [0.2, 0.25) is 0 Å². The summed E-state index contributed by atoms with van der Waals surface area (Å²) in [5.74, 6) is -0.756. The molecule has 2 aromatic carbocycles. The van der Waals surface area contributed by atoms with Gasteiger partial charge in [0.15, 0.2) is 17.6 Å². The maximum Gasteiger partial charge on any atom is 0.341 e. The Bertz CT molecular complexity index is 1610. The number of hydrogen-bond donors (Lipinski definition) is 0. The van der Waals surface area contributed by atoms with Crippen LogP contribution in [0.3, 0.4) is 0 Å². The van der Waals surface area contributed by atoms with E-state index in [9.17, 15) is 14.4 Å². The van der Waals surface area contributed by atoms with Crippen molar-refractivity contribution in [2.24, 2.45) is 17.3 Å². The lowest BCUT2D eigenvalue weighted by Gasteiger charge is -2.33. The lowest BCUT2D eigenvalue weighted by molar-refractivity contribution is -0.126. The van der Waals surface area contributed by atoms with Crippen LogP contribution in [0.1, 0.15) is 72.9 Å². The van der Waals surface area contributed by atoms with Gasteiger partial charge in [-0.3, -0.25) is 14.4 Å². The predicted molar refractivity (Wildman–Crippen MR) is 172 cm³/mol. The number of methoxy groups -OCH3 is 2. The Morgan fingerprint density at radius 1 is 1.04 bits per heavy atom. The lowest BCUT2D eigenvalue weighted by Crippen LogP contribution is -2.37. The predicted octanol–water partition coefficient (Wildman–Crippen LogP) is 6.53. The van der Waals surface area contributed by atoms with E-state index in [-0.39, 0.29) is 5.41 Å². The Morgan fingerprint density at radius 3 is 2.47 bits per heavy atom. The van der Waals surface area contributed by atoms with E-state index in [4.69, 9.17) is 19.0 Å². The SMILES string of the molecule is CCCOc1ccc([C@@H]2[C@@H]3C(=O)N(c4sc5c(c4C(=O)OC)CC[C@H](C(C)(C)C)C5)C(=O)[C@H]3ON2c2ccccc2)cc1OC. The number of nitrogens with zero attached hydrogens (tertiary/aromatic N) is 2. The van der Waals surface area contributed by atoms with Crippen molar-refractivity contribution in [3.63, 3.8) is 0 Å². The number of rotatable bonds is 8. The number of hydrogen-bond acceptors (Lipinski definition) is 9. The molecule has 0 bridgehead atoms. The number of carbonyl (C=O) groups excluding carboxylic acids is 3. The van der Waals surface area contributed by atoms with Gasteiger partial charge in [-0.2, -0.15) is 0 Å². The molecule has 2 fully saturated rings. The first-order valence-corrected chi connectivity index (χ1v) is 16.3. The third-order valence-corrected chi connectivity index (χ3v) is 10.4. The maximum atomic E-state index is 14.5. The summed E-state index contributed by atoms with van der Waals surface area (Å²) in [7, 11) is 2.90. The first-order valence-electron chi connectivity index (χ1n) is 15.5. The number of esters is 1. The molecule has 2 amide bonds. The van der Waals surface area contributed by atoms with Crippen molar-refractivity contribution in [3.05, 3.63) is 70.1 Å². The molecular weight excluding hydrogens is 592 g/mol. The van der Waals surface area contributed by atoms with Gasteiger partial charge in [-0.05, 0) is 72.4 Å². The average molecular weight is 633 g/mol. The van der Waals surface area contributed by atoms with Gasteiger partial charge in [0, 0.05) is 4.88 Å². The van der Waals surface area contributed by atoms with E-state index >= 15 is 0 Å². The third kappa shape index (κ3) is 5.37. The van der Waals surface area contributed by atoms with Gasteiger partial charge >= 0.3 is 5.97 Å². The minimum Gasteiger partial charge on any atom is -0.493 e. The second-order valence-corrected chi connectivity index (χ2v) is 14.0. The number of thiophene rings is 1. The highest BCUT2D eigenvalue weighted by atomic mass is 32.1. The molecule has 3 heterocycles. The van der Waals surface area contributed by atoms with Crippen molar-refractivity contribution in [3.8, 4) is 11.5 Å². The van der Waals surface area contributed by atoms with Crippen molar-refractivity contribution >= 4 is 39.8 Å². The first kappa shape index (κ1) is 31.1. The van der Waals surface area contributed by atoms with Crippen LogP contribution < -0.4 is 19.4 Å². The van der Waals surface area contributed by atoms with E-state index in [2.05, 4.69) is 20.8 Å². The zero-order valence-electron chi connectivity index (χ0n) is 26.6.